The van der Waals surface area contributed by atoms with E-state index in [9.17, 15) is 18.5 Å². The molecule has 0 fully saturated rings. The minimum absolute atomic E-state index is 0.0933. The molecule has 0 amide bonds. The maximum absolute atomic E-state index is 12.0. The van der Waals surface area contributed by atoms with E-state index in [0.29, 0.717) is 0 Å². The number of hydrogen-bond donors (Lipinski definition) is 1. The Labute approximate surface area is 106 Å². The molecular weight excluding hydrogens is 256 g/mol. The monoisotopic (exact) mass is 272 g/mol. The van der Waals surface area contributed by atoms with E-state index in [4.69, 9.17) is 0 Å². The molecule has 0 heterocycles. The second-order valence-corrected chi connectivity index (χ2v) is 6.12. The molecule has 0 radical (unpaired) electrons. The molecule has 1 aromatic rings. The Kier molecular flexibility index (Phi) is 4.42. The summed E-state index contributed by atoms with van der Waals surface area (Å²) in [5, 5.41) is 10.6. The molecule has 6 nitrogen and oxygen atoms in total. The Morgan fingerprint density at radius 3 is 2.39 bits per heavy atom. The lowest BCUT2D eigenvalue weighted by molar-refractivity contribution is -0.385. The van der Waals surface area contributed by atoms with Crippen LogP contribution in [0.15, 0.2) is 29.2 Å². The Hall–Kier alpha value is -1.47. The number of hydrogen-bond acceptors (Lipinski definition) is 4. The quantitative estimate of drug-likeness (QED) is 0.655. The molecule has 0 spiro atoms. The van der Waals surface area contributed by atoms with Crippen LogP contribution in [-0.2, 0) is 10.0 Å². The SMILES string of the molecule is CC(C)[C@H](C)NS(=O)(=O)c1cccc([N+](=O)[O-])c1. The molecule has 1 atom stereocenters. The summed E-state index contributed by atoms with van der Waals surface area (Å²) in [6.45, 7) is 5.53. The van der Waals surface area contributed by atoms with Gasteiger partial charge in [0, 0.05) is 18.2 Å². The third-order valence-corrected chi connectivity index (χ3v) is 4.24. The van der Waals surface area contributed by atoms with E-state index >= 15 is 0 Å². The number of nitro benzene ring substituents is 1. The van der Waals surface area contributed by atoms with Gasteiger partial charge in [-0.15, -0.1) is 0 Å². The second kappa shape index (κ2) is 5.45. The zero-order valence-electron chi connectivity index (χ0n) is 10.5. The molecule has 0 unspecified atom stereocenters. The summed E-state index contributed by atoms with van der Waals surface area (Å²) in [6, 6.07) is 4.75. The summed E-state index contributed by atoms with van der Waals surface area (Å²) in [7, 11) is -3.71. The van der Waals surface area contributed by atoms with Crippen molar-refractivity contribution in [2.75, 3.05) is 0 Å². The van der Waals surface area contributed by atoms with Crippen molar-refractivity contribution in [1.82, 2.24) is 4.72 Å². The van der Waals surface area contributed by atoms with Crippen LogP contribution in [0, 0.1) is 16.0 Å². The molecule has 0 saturated heterocycles. The Bertz CT molecular complexity index is 540. The van der Waals surface area contributed by atoms with E-state index in [1.165, 1.54) is 18.2 Å². The van der Waals surface area contributed by atoms with Gasteiger partial charge in [0.25, 0.3) is 5.69 Å². The van der Waals surface area contributed by atoms with E-state index in [0.717, 1.165) is 6.07 Å². The van der Waals surface area contributed by atoms with Gasteiger partial charge in [-0.25, -0.2) is 13.1 Å². The minimum Gasteiger partial charge on any atom is -0.258 e. The molecular formula is C11H16N2O4S. The molecule has 1 aromatic carbocycles. The first-order valence-corrected chi connectivity index (χ1v) is 6.99. The number of sulfonamides is 1. The van der Waals surface area contributed by atoms with Crippen LogP contribution in [0.3, 0.4) is 0 Å². The summed E-state index contributed by atoms with van der Waals surface area (Å²) >= 11 is 0. The fourth-order valence-corrected chi connectivity index (χ4v) is 2.64. The number of non-ortho nitro benzene ring substituents is 1. The lowest BCUT2D eigenvalue weighted by Gasteiger charge is -2.17. The Morgan fingerprint density at radius 1 is 1.28 bits per heavy atom. The molecule has 1 rings (SSSR count). The zero-order valence-corrected chi connectivity index (χ0v) is 11.3. The first kappa shape index (κ1) is 14.6. The van der Waals surface area contributed by atoms with Crippen molar-refractivity contribution in [2.24, 2.45) is 5.92 Å². The van der Waals surface area contributed by atoms with Crippen LogP contribution >= 0.6 is 0 Å². The number of nitrogens with one attached hydrogen (secondary N) is 1. The molecule has 0 aliphatic rings. The van der Waals surface area contributed by atoms with Gasteiger partial charge in [0.2, 0.25) is 10.0 Å². The molecule has 0 aliphatic heterocycles. The summed E-state index contributed by atoms with van der Waals surface area (Å²) in [6.07, 6.45) is 0. The van der Waals surface area contributed by atoms with Gasteiger partial charge in [-0.1, -0.05) is 19.9 Å². The number of rotatable bonds is 5. The van der Waals surface area contributed by atoms with E-state index in [-0.39, 0.29) is 22.5 Å². The van der Waals surface area contributed by atoms with Crippen LogP contribution in [0.5, 0.6) is 0 Å². The first-order valence-electron chi connectivity index (χ1n) is 5.51. The summed E-state index contributed by atoms with van der Waals surface area (Å²) < 4.78 is 26.5. The maximum Gasteiger partial charge on any atom is 0.270 e. The summed E-state index contributed by atoms with van der Waals surface area (Å²) in [5.41, 5.74) is -0.241. The Morgan fingerprint density at radius 2 is 1.89 bits per heavy atom. The van der Waals surface area contributed by atoms with E-state index in [1.807, 2.05) is 13.8 Å². The largest absolute Gasteiger partial charge is 0.270 e. The van der Waals surface area contributed by atoms with E-state index in [2.05, 4.69) is 4.72 Å². The summed E-state index contributed by atoms with van der Waals surface area (Å²) in [4.78, 5) is 9.89. The lowest BCUT2D eigenvalue weighted by Crippen LogP contribution is -2.36. The van der Waals surface area contributed by atoms with E-state index < -0.39 is 14.9 Å². The topological polar surface area (TPSA) is 89.3 Å². The molecule has 0 aromatic heterocycles. The fourth-order valence-electron chi connectivity index (χ4n) is 1.21. The highest BCUT2D eigenvalue weighted by molar-refractivity contribution is 7.89. The standard InChI is InChI=1S/C11H16N2O4S/c1-8(2)9(3)12-18(16,17)11-6-4-5-10(7-11)13(14)15/h4-9,12H,1-3H3/t9-/m0/s1. The number of benzene rings is 1. The van der Waals surface area contributed by atoms with Gasteiger partial charge in [-0.3, -0.25) is 10.1 Å². The highest BCUT2D eigenvalue weighted by Crippen LogP contribution is 2.18. The van der Waals surface area contributed by atoms with Crippen molar-refractivity contribution < 1.29 is 13.3 Å². The van der Waals surface area contributed by atoms with Crippen molar-refractivity contribution >= 4 is 15.7 Å². The van der Waals surface area contributed by atoms with Crippen LogP contribution in [0.2, 0.25) is 0 Å². The van der Waals surface area contributed by atoms with Crippen molar-refractivity contribution in [3.05, 3.63) is 34.4 Å². The van der Waals surface area contributed by atoms with Crippen LogP contribution < -0.4 is 4.72 Å². The van der Waals surface area contributed by atoms with Gasteiger partial charge < -0.3 is 0 Å². The van der Waals surface area contributed by atoms with Crippen LogP contribution in [0.25, 0.3) is 0 Å². The van der Waals surface area contributed by atoms with Gasteiger partial charge >= 0.3 is 0 Å². The average molecular weight is 272 g/mol. The molecule has 7 heteroatoms. The highest BCUT2D eigenvalue weighted by atomic mass is 32.2. The van der Waals surface area contributed by atoms with Crippen molar-refractivity contribution in [3.8, 4) is 0 Å². The van der Waals surface area contributed by atoms with Crippen LogP contribution in [0.4, 0.5) is 5.69 Å². The van der Waals surface area contributed by atoms with Crippen LogP contribution in [-0.4, -0.2) is 19.4 Å². The molecule has 18 heavy (non-hydrogen) atoms. The van der Waals surface area contributed by atoms with Crippen LogP contribution in [0.1, 0.15) is 20.8 Å². The molecule has 0 bridgehead atoms. The van der Waals surface area contributed by atoms with Crippen molar-refractivity contribution in [2.45, 2.75) is 31.7 Å². The number of nitro groups is 1. The molecule has 0 aliphatic carbocycles. The maximum atomic E-state index is 12.0. The van der Waals surface area contributed by atoms with Gasteiger partial charge in [-0.05, 0) is 18.9 Å². The second-order valence-electron chi connectivity index (χ2n) is 4.41. The summed E-state index contributed by atoms with van der Waals surface area (Å²) in [5.74, 6) is 0.137. The zero-order chi connectivity index (χ0) is 13.9. The van der Waals surface area contributed by atoms with Gasteiger partial charge in [-0.2, -0.15) is 0 Å². The smallest absolute Gasteiger partial charge is 0.258 e. The van der Waals surface area contributed by atoms with Gasteiger partial charge in [0.05, 0.1) is 9.82 Å². The normalized spacial score (nSPS) is 13.6. The van der Waals surface area contributed by atoms with Gasteiger partial charge in [0.15, 0.2) is 0 Å². The average Bonchev–Trinajstić information content (AvgIpc) is 2.28. The predicted molar refractivity (Wildman–Crippen MR) is 67.7 cm³/mol. The van der Waals surface area contributed by atoms with Crippen molar-refractivity contribution in [3.63, 3.8) is 0 Å². The molecule has 0 saturated carbocycles. The van der Waals surface area contributed by atoms with Crippen molar-refractivity contribution in [1.29, 1.82) is 0 Å². The highest BCUT2D eigenvalue weighted by Gasteiger charge is 2.21. The first-order chi connectivity index (χ1) is 8.24. The minimum atomic E-state index is -3.71. The van der Waals surface area contributed by atoms with E-state index in [1.54, 1.807) is 6.92 Å². The third kappa shape index (κ3) is 3.51. The third-order valence-electron chi connectivity index (χ3n) is 2.68. The number of nitrogens with zero attached hydrogens (tertiary/aromatic N) is 1. The molecule has 1 N–H and O–H groups in total. The molecule has 100 valence electrons. The Balaban J connectivity index is 3.05. The van der Waals surface area contributed by atoms with Gasteiger partial charge in [0.1, 0.15) is 0 Å². The lowest BCUT2D eigenvalue weighted by atomic mass is 10.1. The fraction of sp³-hybridized carbons (Fsp3) is 0.455. The predicted octanol–water partition coefficient (Wildman–Crippen LogP) is 1.92.